The summed E-state index contributed by atoms with van der Waals surface area (Å²) in [6.07, 6.45) is 0. The third-order valence-corrected chi connectivity index (χ3v) is 3.88. The summed E-state index contributed by atoms with van der Waals surface area (Å²) in [6.45, 7) is 5.23. The van der Waals surface area contributed by atoms with Gasteiger partial charge in [-0.1, -0.05) is 18.7 Å². The summed E-state index contributed by atoms with van der Waals surface area (Å²) in [7, 11) is 1.63. The molecule has 0 atom stereocenters. The molecule has 22 heavy (non-hydrogen) atoms. The van der Waals surface area contributed by atoms with Crippen LogP contribution in [0.3, 0.4) is 0 Å². The topological polar surface area (TPSA) is 68.5 Å². The molecular weight excluding hydrogens is 300 g/mol. The number of anilines is 1. The van der Waals surface area contributed by atoms with Gasteiger partial charge in [0, 0.05) is 16.5 Å². The molecule has 7 heteroatoms. The standard InChI is InChI=1S/C15H14N4O2S/c1-9(2)13(20)16-14-17-15-19(18-14)12(8-22-15)10-5-4-6-11(7-10)21-3/h4-8H,1H2,2-3H3,(H,16,18,20). The number of methoxy groups -OCH3 is 1. The van der Waals surface area contributed by atoms with Crippen molar-refractivity contribution in [2.24, 2.45) is 0 Å². The average molecular weight is 314 g/mol. The van der Waals surface area contributed by atoms with Crippen LogP contribution in [0.5, 0.6) is 5.75 Å². The second-order valence-corrected chi connectivity index (χ2v) is 5.55. The largest absolute Gasteiger partial charge is 0.497 e. The Labute approximate surface area is 131 Å². The molecule has 0 saturated carbocycles. The molecule has 2 aromatic heterocycles. The van der Waals surface area contributed by atoms with E-state index in [1.807, 2.05) is 29.6 Å². The van der Waals surface area contributed by atoms with E-state index < -0.39 is 0 Å². The van der Waals surface area contributed by atoms with E-state index in [1.54, 1.807) is 18.5 Å². The Kier molecular flexibility index (Phi) is 3.64. The molecule has 0 unspecified atom stereocenters. The number of carbonyl (C=O) groups is 1. The summed E-state index contributed by atoms with van der Waals surface area (Å²) in [6, 6.07) is 7.69. The maximum atomic E-state index is 11.6. The lowest BCUT2D eigenvalue weighted by Crippen LogP contribution is -2.13. The lowest BCUT2D eigenvalue weighted by atomic mass is 10.2. The SMILES string of the molecule is C=C(C)C(=O)Nc1nc2scc(-c3cccc(OC)c3)n2n1. The van der Waals surface area contributed by atoms with E-state index in [0.29, 0.717) is 10.5 Å². The number of nitrogens with zero attached hydrogens (tertiary/aromatic N) is 3. The first kappa shape index (κ1) is 14.3. The highest BCUT2D eigenvalue weighted by molar-refractivity contribution is 7.15. The predicted octanol–water partition coefficient (Wildman–Crippen LogP) is 2.98. The fourth-order valence-corrected chi connectivity index (χ4v) is 2.75. The third-order valence-electron chi connectivity index (χ3n) is 3.06. The lowest BCUT2D eigenvalue weighted by Gasteiger charge is -2.03. The molecule has 0 bridgehead atoms. The normalized spacial score (nSPS) is 10.6. The van der Waals surface area contributed by atoms with Crippen LogP contribution in [0.1, 0.15) is 6.92 Å². The van der Waals surface area contributed by atoms with Crippen molar-refractivity contribution in [3.63, 3.8) is 0 Å². The summed E-state index contributed by atoms with van der Waals surface area (Å²) >= 11 is 1.45. The minimum atomic E-state index is -0.291. The van der Waals surface area contributed by atoms with E-state index in [-0.39, 0.29) is 11.9 Å². The van der Waals surface area contributed by atoms with Crippen LogP contribution in [0.15, 0.2) is 41.8 Å². The maximum absolute atomic E-state index is 11.6. The Bertz CT molecular complexity index is 865. The van der Waals surface area contributed by atoms with Crippen molar-refractivity contribution in [3.8, 4) is 17.0 Å². The van der Waals surface area contributed by atoms with Gasteiger partial charge in [0.05, 0.1) is 12.8 Å². The van der Waals surface area contributed by atoms with E-state index in [2.05, 4.69) is 22.0 Å². The van der Waals surface area contributed by atoms with Crippen molar-refractivity contribution in [2.45, 2.75) is 6.92 Å². The highest BCUT2D eigenvalue weighted by atomic mass is 32.1. The number of amides is 1. The minimum Gasteiger partial charge on any atom is -0.497 e. The number of carbonyl (C=O) groups excluding carboxylic acids is 1. The van der Waals surface area contributed by atoms with Crippen LogP contribution >= 0.6 is 11.3 Å². The molecule has 112 valence electrons. The summed E-state index contributed by atoms with van der Waals surface area (Å²) < 4.78 is 6.94. The average Bonchev–Trinajstić information content (AvgIpc) is 3.06. The molecule has 0 saturated heterocycles. The molecule has 0 aliphatic carbocycles. The van der Waals surface area contributed by atoms with Gasteiger partial charge in [0.2, 0.25) is 4.96 Å². The molecular formula is C15H14N4O2S. The van der Waals surface area contributed by atoms with Crippen LogP contribution in [-0.2, 0) is 4.79 Å². The van der Waals surface area contributed by atoms with Gasteiger partial charge >= 0.3 is 0 Å². The van der Waals surface area contributed by atoms with E-state index >= 15 is 0 Å². The molecule has 0 spiro atoms. The van der Waals surface area contributed by atoms with E-state index in [4.69, 9.17) is 4.74 Å². The Morgan fingerprint density at radius 3 is 3.00 bits per heavy atom. The maximum Gasteiger partial charge on any atom is 0.253 e. The van der Waals surface area contributed by atoms with Gasteiger partial charge in [-0.05, 0) is 19.1 Å². The van der Waals surface area contributed by atoms with Crippen LogP contribution in [0.25, 0.3) is 16.2 Å². The van der Waals surface area contributed by atoms with Crippen LogP contribution in [-0.4, -0.2) is 27.6 Å². The number of fused-ring (bicyclic) bond motifs is 1. The fourth-order valence-electron chi connectivity index (χ4n) is 1.92. The van der Waals surface area contributed by atoms with Crippen LogP contribution in [0.4, 0.5) is 5.95 Å². The number of aromatic nitrogens is 3. The van der Waals surface area contributed by atoms with Gasteiger partial charge in [0.25, 0.3) is 11.9 Å². The Hall–Kier alpha value is -2.67. The summed E-state index contributed by atoms with van der Waals surface area (Å²) in [5.74, 6) is 0.748. The van der Waals surface area contributed by atoms with Crippen molar-refractivity contribution in [2.75, 3.05) is 12.4 Å². The summed E-state index contributed by atoms with van der Waals surface area (Å²) in [5.41, 5.74) is 2.27. The van der Waals surface area contributed by atoms with E-state index in [9.17, 15) is 4.79 Å². The molecule has 0 aliphatic heterocycles. The summed E-state index contributed by atoms with van der Waals surface area (Å²) in [5, 5.41) is 8.91. The second kappa shape index (κ2) is 5.61. The zero-order valence-electron chi connectivity index (χ0n) is 12.2. The zero-order valence-corrected chi connectivity index (χ0v) is 13.0. The monoisotopic (exact) mass is 314 g/mol. The van der Waals surface area contributed by atoms with Crippen LogP contribution < -0.4 is 10.1 Å². The number of hydrogen-bond acceptors (Lipinski definition) is 5. The first-order valence-corrected chi connectivity index (χ1v) is 7.42. The molecule has 6 nitrogen and oxygen atoms in total. The number of thiazole rings is 1. The Morgan fingerprint density at radius 1 is 1.45 bits per heavy atom. The van der Waals surface area contributed by atoms with Crippen LogP contribution in [0, 0.1) is 0 Å². The number of benzene rings is 1. The number of nitrogens with one attached hydrogen (secondary N) is 1. The van der Waals surface area contributed by atoms with Crippen LogP contribution in [0.2, 0.25) is 0 Å². The molecule has 1 N–H and O–H groups in total. The molecule has 3 aromatic rings. The smallest absolute Gasteiger partial charge is 0.253 e. The molecule has 0 aliphatic rings. The highest BCUT2D eigenvalue weighted by Crippen LogP contribution is 2.28. The number of hydrogen-bond donors (Lipinski definition) is 1. The van der Waals surface area contributed by atoms with Gasteiger partial charge < -0.3 is 4.74 Å². The quantitative estimate of drug-likeness (QED) is 0.752. The number of ether oxygens (including phenoxy) is 1. The van der Waals surface area contributed by atoms with Crippen molar-refractivity contribution in [1.29, 1.82) is 0 Å². The number of rotatable bonds is 4. The molecule has 1 amide bonds. The first-order valence-electron chi connectivity index (χ1n) is 6.54. The van der Waals surface area contributed by atoms with Gasteiger partial charge in [-0.2, -0.15) is 4.98 Å². The van der Waals surface area contributed by atoms with Gasteiger partial charge in [-0.3, -0.25) is 10.1 Å². The Morgan fingerprint density at radius 2 is 2.27 bits per heavy atom. The Balaban J connectivity index is 1.99. The van der Waals surface area contributed by atoms with E-state index in [0.717, 1.165) is 17.0 Å². The zero-order chi connectivity index (χ0) is 15.7. The van der Waals surface area contributed by atoms with Gasteiger partial charge in [-0.15, -0.1) is 16.4 Å². The second-order valence-electron chi connectivity index (χ2n) is 4.72. The molecule has 0 fully saturated rings. The van der Waals surface area contributed by atoms with Gasteiger partial charge in [-0.25, -0.2) is 4.52 Å². The van der Waals surface area contributed by atoms with Crippen molar-refractivity contribution in [3.05, 3.63) is 41.8 Å². The molecule has 3 rings (SSSR count). The first-order chi connectivity index (χ1) is 10.6. The predicted molar refractivity (Wildman–Crippen MR) is 86.3 cm³/mol. The molecule has 1 aromatic carbocycles. The molecule has 2 heterocycles. The lowest BCUT2D eigenvalue weighted by molar-refractivity contribution is -0.112. The van der Waals surface area contributed by atoms with Gasteiger partial charge in [0.1, 0.15) is 5.75 Å². The van der Waals surface area contributed by atoms with Crippen molar-refractivity contribution in [1.82, 2.24) is 14.6 Å². The van der Waals surface area contributed by atoms with Crippen molar-refractivity contribution < 1.29 is 9.53 Å². The minimum absolute atomic E-state index is 0.268. The molecule has 0 radical (unpaired) electrons. The fraction of sp³-hybridized carbons (Fsp3) is 0.133. The summed E-state index contributed by atoms with van der Waals surface area (Å²) in [4.78, 5) is 16.6. The van der Waals surface area contributed by atoms with Gasteiger partial charge in [0.15, 0.2) is 0 Å². The highest BCUT2D eigenvalue weighted by Gasteiger charge is 2.13. The van der Waals surface area contributed by atoms with E-state index in [1.165, 1.54) is 11.3 Å². The third kappa shape index (κ3) is 2.58. The van der Waals surface area contributed by atoms with Crippen molar-refractivity contribution >= 4 is 28.2 Å².